The number of piperidine rings is 1. The van der Waals surface area contributed by atoms with E-state index in [0.717, 1.165) is 12.8 Å². The number of nitrogens with one attached hydrogen (secondary N) is 2. The minimum atomic E-state index is -0.270. The van der Waals surface area contributed by atoms with Gasteiger partial charge in [-0.1, -0.05) is 18.2 Å². The van der Waals surface area contributed by atoms with Gasteiger partial charge >= 0.3 is 0 Å². The van der Waals surface area contributed by atoms with Gasteiger partial charge in [0.05, 0.1) is 5.92 Å². The van der Waals surface area contributed by atoms with E-state index in [4.69, 9.17) is 0 Å². The number of carbonyl (C=O) groups is 1. The highest BCUT2D eigenvalue weighted by Crippen LogP contribution is 2.14. The minimum absolute atomic E-state index is 0.00738. The van der Waals surface area contributed by atoms with Crippen molar-refractivity contribution in [2.24, 2.45) is 5.92 Å². The zero-order chi connectivity index (χ0) is 13.0. The summed E-state index contributed by atoms with van der Waals surface area (Å²) in [6.07, 6.45) is 1.91. The van der Waals surface area contributed by atoms with Gasteiger partial charge in [-0.25, -0.2) is 4.39 Å². The Hall–Kier alpha value is -1.42. The Balaban J connectivity index is 1.83. The van der Waals surface area contributed by atoms with Crippen LogP contribution in [-0.4, -0.2) is 18.5 Å². The van der Waals surface area contributed by atoms with Crippen LogP contribution in [0, 0.1) is 11.7 Å². The maximum Gasteiger partial charge on any atom is 0.224 e. The third kappa shape index (κ3) is 3.29. The summed E-state index contributed by atoms with van der Waals surface area (Å²) in [4.78, 5) is 11.9. The van der Waals surface area contributed by atoms with Gasteiger partial charge in [0.2, 0.25) is 5.91 Å². The van der Waals surface area contributed by atoms with Crippen molar-refractivity contribution in [1.29, 1.82) is 0 Å². The van der Waals surface area contributed by atoms with E-state index in [-0.39, 0.29) is 24.2 Å². The Morgan fingerprint density at radius 3 is 2.89 bits per heavy atom. The molecule has 2 rings (SSSR count). The summed E-state index contributed by atoms with van der Waals surface area (Å²) in [7, 11) is 0. The monoisotopic (exact) mass is 250 g/mol. The van der Waals surface area contributed by atoms with Crippen molar-refractivity contribution in [1.82, 2.24) is 10.6 Å². The lowest BCUT2D eigenvalue weighted by Crippen LogP contribution is -2.43. The highest BCUT2D eigenvalue weighted by Gasteiger charge is 2.23. The van der Waals surface area contributed by atoms with Crippen LogP contribution in [0.3, 0.4) is 0 Å². The van der Waals surface area contributed by atoms with E-state index in [1.54, 1.807) is 18.2 Å². The van der Waals surface area contributed by atoms with Gasteiger partial charge in [-0.3, -0.25) is 4.79 Å². The van der Waals surface area contributed by atoms with Gasteiger partial charge in [0.25, 0.3) is 0 Å². The molecule has 1 aliphatic rings. The molecule has 0 saturated carbocycles. The van der Waals surface area contributed by atoms with Crippen LogP contribution in [0.4, 0.5) is 4.39 Å². The lowest BCUT2D eigenvalue weighted by Gasteiger charge is -2.26. The number of hydrogen-bond acceptors (Lipinski definition) is 2. The molecule has 1 amide bonds. The van der Waals surface area contributed by atoms with Crippen LogP contribution in [0.1, 0.15) is 25.3 Å². The van der Waals surface area contributed by atoms with Gasteiger partial charge in [-0.2, -0.15) is 0 Å². The molecule has 1 saturated heterocycles. The van der Waals surface area contributed by atoms with Crippen LogP contribution >= 0.6 is 0 Å². The fraction of sp³-hybridized carbons (Fsp3) is 0.500. The molecular weight excluding hydrogens is 231 g/mol. The number of carbonyl (C=O) groups excluding carboxylic acids is 1. The molecule has 0 aromatic heterocycles. The number of rotatable bonds is 3. The zero-order valence-corrected chi connectivity index (χ0v) is 10.6. The standard InChI is InChI=1S/C14H19FN2O/c1-10-6-7-12(9-16-10)14(18)17-8-11-4-2-3-5-13(11)15/h2-5,10,12,16H,6-9H2,1H3,(H,17,18). The van der Waals surface area contributed by atoms with Crippen molar-refractivity contribution < 1.29 is 9.18 Å². The zero-order valence-electron chi connectivity index (χ0n) is 10.6. The molecule has 2 unspecified atom stereocenters. The number of benzene rings is 1. The third-order valence-corrected chi connectivity index (χ3v) is 3.44. The van der Waals surface area contributed by atoms with Crippen LogP contribution < -0.4 is 10.6 Å². The Morgan fingerprint density at radius 2 is 2.22 bits per heavy atom. The summed E-state index contributed by atoms with van der Waals surface area (Å²) in [5.74, 6) is -0.251. The molecule has 2 atom stereocenters. The molecule has 0 radical (unpaired) electrons. The van der Waals surface area contributed by atoms with Gasteiger partial charge in [0.15, 0.2) is 0 Å². The molecule has 1 aromatic rings. The molecule has 2 N–H and O–H groups in total. The van der Waals surface area contributed by atoms with Crippen LogP contribution in [0.2, 0.25) is 0 Å². The molecule has 18 heavy (non-hydrogen) atoms. The van der Waals surface area contributed by atoms with Gasteiger partial charge in [0, 0.05) is 24.7 Å². The molecule has 1 heterocycles. The second-order valence-electron chi connectivity index (χ2n) is 4.89. The molecule has 1 aromatic carbocycles. The largest absolute Gasteiger partial charge is 0.352 e. The van der Waals surface area contributed by atoms with E-state index in [1.165, 1.54) is 6.07 Å². The Morgan fingerprint density at radius 1 is 1.44 bits per heavy atom. The second kappa shape index (κ2) is 5.96. The minimum Gasteiger partial charge on any atom is -0.352 e. The molecule has 0 bridgehead atoms. The molecule has 98 valence electrons. The van der Waals surface area contributed by atoms with Crippen molar-refractivity contribution in [2.45, 2.75) is 32.4 Å². The topological polar surface area (TPSA) is 41.1 Å². The second-order valence-corrected chi connectivity index (χ2v) is 4.89. The van der Waals surface area contributed by atoms with Crippen molar-refractivity contribution in [3.63, 3.8) is 0 Å². The maximum absolute atomic E-state index is 13.4. The van der Waals surface area contributed by atoms with Crippen LogP contribution in [0.15, 0.2) is 24.3 Å². The summed E-state index contributed by atoms with van der Waals surface area (Å²) in [6.45, 7) is 3.09. The van der Waals surface area contributed by atoms with Crippen LogP contribution in [-0.2, 0) is 11.3 Å². The highest BCUT2D eigenvalue weighted by molar-refractivity contribution is 5.79. The predicted octanol–water partition coefficient (Wildman–Crippen LogP) is 1.83. The van der Waals surface area contributed by atoms with E-state index >= 15 is 0 Å². The average molecular weight is 250 g/mol. The van der Waals surface area contributed by atoms with E-state index in [2.05, 4.69) is 17.6 Å². The maximum atomic E-state index is 13.4. The summed E-state index contributed by atoms with van der Waals surface area (Å²) < 4.78 is 13.4. The molecule has 3 nitrogen and oxygen atoms in total. The Bertz CT molecular complexity index is 414. The number of hydrogen-bond donors (Lipinski definition) is 2. The molecular formula is C14H19FN2O. The van der Waals surface area contributed by atoms with E-state index in [0.29, 0.717) is 18.2 Å². The number of amides is 1. The lowest BCUT2D eigenvalue weighted by molar-refractivity contribution is -0.125. The first kappa shape index (κ1) is 13.0. The predicted molar refractivity (Wildman–Crippen MR) is 68.4 cm³/mol. The fourth-order valence-corrected chi connectivity index (χ4v) is 2.19. The molecule has 1 fully saturated rings. The average Bonchev–Trinajstić information content (AvgIpc) is 2.38. The molecule has 0 aliphatic carbocycles. The number of halogens is 1. The first-order chi connectivity index (χ1) is 8.66. The van der Waals surface area contributed by atoms with Gasteiger partial charge < -0.3 is 10.6 Å². The smallest absolute Gasteiger partial charge is 0.224 e. The van der Waals surface area contributed by atoms with Crippen LogP contribution in [0.5, 0.6) is 0 Å². The molecule has 4 heteroatoms. The summed E-state index contributed by atoms with van der Waals surface area (Å²) in [5.41, 5.74) is 0.531. The fourth-order valence-electron chi connectivity index (χ4n) is 2.19. The van der Waals surface area contributed by atoms with Crippen molar-refractivity contribution in [2.75, 3.05) is 6.54 Å². The van der Waals surface area contributed by atoms with E-state index < -0.39 is 0 Å². The van der Waals surface area contributed by atoms with Gasteiger partial charge in [0.1, 0.15) is 5.82 Å². The lowest BCUT2D eigenvalue weighted by atomic mass is 9.95. The van der Waals surface area contributed by atoms with Crippen molar-refractivity contribution >= 4 is 5.91 Å². The Kier molecular flexibility index (Phi) is 4.31. The first-order valence-corrected chi connectivity index (χ1v) is 6.41. The van der Waals surface area contributed by atoms with Crippen molar-refractivity contribution in [3.05, 3.63) is 35.6 Å². The van der Waals surface area contributed by atoms with Crippen LogP contribution in [0.25, 0.3) is 0 Å². The summed E-state index contributed by atoms with van der Waals surface area (Å²) in [5, 5.41) is 6.09. The van der Waals surface area contributed by atoms with E-state index in [9.17, 15) is 9.18 Å². The van der Waals surface area contributed by atoms with Gasteiger partial charge in [-0.15, -0.1) is 0 Å². The summed E-state index contributed by atoms with van der Waals surface area (Å²) >= 11 is 0. The Labute approximate surface area is 107 Å². The normalized spacial score (nSPS) is 23.7. The highest BCUT2D eigenvalue weighted by atomic mass is 19.1. The van der Waals surface area contributed by atoms with E-state index in [1.807, 2.05) is 0 Å². The molecule has 0 spiro atoms. The first-order valence-electron chi connectivity index (χ1n) is 6.41. The SMILES string of the molecule is CC1CCC(C(=O)NCc2ccccc2F)CN1. The van der Waals surface area contributed by atoms with Gasteiger partial charge in [-0.05, 0) is 25.8 Å². The summed E-state index contributed by atoms with van der Waals surface area (Å²) in [6, 6.07) is 7.00. The molecule has 1 aliphatic heterocycles. The van der Waals surface area contributed by atoms with Crippen molar-refractivity contribution in [3.8, 4) is 0 Å². The quantitative estimate of drug-likeness (QED) is 0.859. The third-order valence-electron chi connectivity index (χ3n) is 3.44.